The number of halogens is 1. The number of anilines is 1. The molecule has 0 radical (unpaired) electrons. The van der Waals surface area contributed by atoms with Gasteiger partial charge in [-0.2, -0.15) is 5.26 Å². The lowest BCUT2D eigenvalue weighted by Crippen LogP contribution is -2.14. The van der Waals surface area contributed by atoms with Crippen molar-refractivity contribution >= 4 is 32.7 Å². The second kappa shape index (κ2) is 4.83. The van der Waals surface area contributed by atoms with E-state index in [-0.39, 0.29) is 5.92 Å². The van der Waals surface area contributed by atoms with E-state index in [1.165, 1.54) is 0 Å². The van der Waals surface area contributed by atoms with Crippen LogP contribution in [0.5, 0.6) is 0 Å². The maximum Gasteiger partial charge on any atom is 0.198 e. The summed E-state index contributed by atoms with van der Waals surface area (Å²) in [5.74, 6) is 0.980. The average molecular weight is 322 g/mol. The molecule has 0 unspecified atom stereocenters. The van der Waals surface area contributed by atoms with Crippen LogP contribution in [-0.2, 0) is 4.74 Å². The minimum absolute atomic E-state index is 0.278. The number of oxazole rings is 1. The van der Waals surface area contributed by atoms with E-state index < -0.39 is 0 Å². The molecule has 0 atom stereocenters. The fourth-order valence-corrected chi connectivity index (χ4v) is 2.77. The van der Waals surface area contributed by atoms with E-state index in [9.17, 15) is 0 Å². The molecule has 0 spiro atoms. The van der Waals surface area contributed by atoms with Crippen LogP contribution < -0.4 is 5.73 Å². The van der Waals surface area contributed by atoms with Gasteiger partial charge in [-0.05, 0) is 34.8 Å². The molecule has 98 valence electrons. The number of nitrogens with two attached hydrogens (primary N) is 1. The fourth-order valence-electron chi connectivity index (χ4n) is 2.27. The minimum atomic E-state index is 0.278. The molecule has 0 aliphatic carbocycles. The standard InChI is InChI=1S/C13H12BrN3O2/c14-10-11(16)8(6-15)5-9-12(10)19-13(17-9)7-1-3-18-4-2-7/h5,7H,1-4,16H2. The number of ether oxygens (including phenoxy) is 1. The Bertz CT molecular complexity index is 669. The monoisotopic (exact) mass is 321 g/mol. The van der Waals surface area contributed by atoms with Gasteiger partial charge < -0.3 is 14.9 Å². The molecule has 5 nitrogen and oxygen atoms in total. The second-order valence-electron chi connectivity index (χ2n) is 4.55. The van der Waals surface area contributed by atoms with E-state index in [0.29, 0.717) is 32.7 Å². The first-order chi connectivity index (χ1) is 9.20. The molecule has 0 bridgehead atoms. The van der Waals surface area contributed by atoms with Crippen molar-refractivity contribution in [2.24, 2.45) is 0 Å². The highest BCUT2D eigenvalue weighted by Gasteiger charge is 2.23. The molecule has 1 fully saturated rings. The second-order valence-corrected chi connectivity index (χ2v) is 5.34. The van der Waals surface area contributed by atoms with Crippen LogP contribution >= 0.6 is 15.9 Å². The molecular formula is C13H12BrN3O2. The Morgan fingerprint density at radius 1 is 1.42 bits per heavy atom. The summed E-state index contributed by atoms with van der Waals surface area (Å²) in [6.45, 7) is 1.46. The lowest BCUT2D eigenvalue weighted by molar-refractivity contribution is 0.0798. The van der Waals surface area contributed by atoms with Crippen LogP contribution in [0.25, 0.3) is 11.1 Å². The molecule has 0 amide bonds. The van der Waals surface area contributed by atoms with Gasteiger partial charge in [0.2, 0.25) is 0 Å². The maximum absolute atomic E-state index is 9.03. The minimum Gasteiger partial charge on any atom is -0.439 e. The number of hydrogen-bond donors (Lipinski definition) is 1. The number of fused-ring (bicyclic) bond motifs is 1. The predicted molar refractivity (Wildman–Crippen MR) is 73.6 cm³/mol. The molecule has 6 heteroatoms. The molecule has 2 N–H and O–H groups in total. The summed E-state index contributed by atoms with van der Waals surface area (Å²) in [6.07, 6.45) is 1.82. The van der Waals surface area contributed by atoms with Crippen molar-refractivity contribution in [1.29, 1.82) is 5.26 Å². The van der Waals surface area contributed by atoms with E-state index in [4.69, 9.17) is 20.1 Å². The van der Waals surface area contributed by atoms with Crippen molar-refractivity contribution in [3.63, 3.8) is 0 Å². The van der Waals surface area contributed by atoms with Gasteiger partial charge in [0.15, 0.2) is 11.5 Å². The zero-order chi connectivity index (χ0) is 13.4. The summed E-state index contributed by atoms with van der Waals surface area (Å²) < 4.78 is 11.8. The van der Waals surface area contributed by atoms with Crippen LogP contribution in [0.3, 0.4) is 0 Å². The van der Waals surface area contributed by atoms with Gasteiger partial charge in [0.25, 0.3) is 0 Å². The third-order valence-corrected chi connectivity index (χ3v) is 4.16. The Morgan fingerprint density at radius 2 is 2.16 bits per heavy atom. The lowest BCUT2D eigenvalue weighted by Gasteiger charge is -2.18. The number of aromatic nitrogens is 1. The van der Waals surface area contributed by atoms with Crippen LogP contribution in [0.4, 0.5) is 5.69 Å². The van der Waals surface area contributed by atoms with Crippen LogP contribution in [0.1, 0.15) is 30.2 Å². The summed E-state index contributed by atoms with van der Waals surface area (Å²) in [4.78, 5) is 4.49. The maximum atomic E-state index is 9.03. The number of rotatable bonds is 1. The van der Waals surface area contributed by atoms with Crippen molar-refractivity contribution in [2.45, 2.75) is 18.8 Å². The van der Waals surface area contributed by atoms with Crippen molar-refractivity contribution in [3.8, 4) is 6.07 Å². The normalized spacial score (nSPS) is 16.6. The SMILES string of the molecule is N#Cc1cc2nc(C3CCOCC3)oc2c(Br)c1N. The summed E-state index contributed by atoms with van der Waals surface area (Å²) in [5.41, 5.74) is 7.95. The van der Waals surface area contributed by atoms with Gasteiger partial charge in [0.1, 0.15) is 11.6 Å². The van der Waals surface area contributed by atoms with Gasteiger partial charge in [-0.25, -0.2) is 4.98 Å². The van der Waals surface area contributed by atoms with Gasteiger partial charge >= 0.3 is 0 Å². The van der Waals surface area contributed by atoms with Crippen LogP contribution in [-0.4, -0.2) is 18.2 Å². The average Bonchev–Trinajstić information content (AvgIpc) is 2.88. The highest BCUT2D eigenvalue weighted by atomic mass is 79.9. The Hall–Kier alpha value is -1.58. The number of nitrogen functional groups attached to an aromatic ring is 1. The first-order valence-electron chi connectivity index (χ1n) is 6.07. The Balaban J connectivity index is 2.10. The number of nitrogens with zero attached hydrogens (tertiary/aromatic N) is 2. The lowest BCUT2D eigenvalue weighted by atomic mass is 10.0. The van der Waals surface area contributed by atoms with E-state index in [1.54, 1.807) is 6.07 Å². The summed E-state index contributed by atoms with van der Waals surface area (Å²) in [7, 11) is 0. The first-order valence-corrected chi connectivity index (χ1v) is 6.86. The van der Waals surface area contributed by atoms with Gasteiger partial charge in [0, 0.05) is 19.1 Å². The first kappa shape index (κ1) is 12.5. The molecular weight excluding hydrogens is 310 g/mol. The van der Waals surface area contributed by atoms with Crippen molar-refractivity contribution < 1.29 is 9.15 Å². The highest BCUT2D eigenvalue weighted by molar-refractivity contribution is 9.10. The third kappa shape index (κ3) is 2.09. The number of nitriles is 1. The van der Waals surface area contributed by atoms with Gasteiger partial charge in [-0.15, -0.1) is 0 Å². The largest absolute Gasteiger partial charge is 0.439 e. The third-order valence-electron chi connectivity index (χ3n) is 3.37. The summed E-state index contributed by atoms with van der Waals surface area (Å²) in [5, 5.41) is 9.03. The van der Waals surface area contributed by atoms with E-state index in [1.807, 2.05) is 0 Å². The number of benzene rings is 1. The Labute approximate surface area is 118 Å². The van der Waals surface area contributed by atoms with E-state index in [0.717, 1.165) is 26.1 Å². The zero-order valence-electron chi connectivity index (χ0n) is 10.1. The van der Waals surface area contributed by atoms with Crippen molar-refractivity contribution in [3.05, 3.63) is 22.0 Å². The Kier molecular flexibility index (Phi) is 3.17. The Morgan fingerprint density at radius 3 is 2.84 bits per heavy atom. The van der Waals surface area contributed by atoms with Gasteiger partial charge in [-0.1, -0.05) is 0 Å². The van der Waals surface area contributed by atoms with Crippen LogP contribution in [0.15, 0.2) is 15.0 Å². The molecule has 2 aromatic rings. The van der Waals surface area contributed by atoms with Crippen molar-refractivity contribution in [2.75, 3.05) is 18.9 Å². The fraction of sp³-hybridized carbons (Fsp3) is 0.385. The molecule has 1 saturated heterocycles. The van der Waals surface area contributed by atoms with Gasteiger partial charge in [0.05, 0.1) is 15.7 Å². The highest BCUT2D eigenvalue weighted by Crippen LogP contribution is 2.36. The molecule has 0 saturated carbocycles. The smallest absolute Gasteiger partial charge is 0.198 e. The van der Waals surface area contributed by atoms with E-state index >= 15 is 0 Å². The molecule has 2 heterocycles. The molecule has 19 heavy (non-hydrogen) atoms. The van der Waals surface area contributed by atoms with Crippen molar-refractivity contribution in [1.82, 2.24) is 4.98 Å². The molecule has 1 aliphatic rings. The topological polar surface area (TPSA) is 85.1 Å². The molecule has 1 aromatic carbocycles. The molecule has 3 rings (SSSR count). The van der Waals surface area contributed by atoms with Crippen LogP contribution in [0, 0.1) is 11.3 Å². The molecule has 1 aromatic heterocycles. The van der Waals surface area contributed by atoms with Gasteiger partial charge in [-0.3, -0.25) is 0 Å². The summed E-state index contributed by atoms with van der Waals surface area (Å²) in [6, 6.07) is 3.73. The predicted octanol–water partition coefficient (Wildman–Crippen LogP) is 2.94. The van der Waals surface area contributed by atoms with E-state index in [2.05, 4.69) is 27.0 Å². The quantitative estimate of drug-likeness (QED) is 0.816. The summed E-state index contributed by atoms with van der Waals surface area (Å²) >= 11 is 3.38. The van der Waals surface area contributed by atoms with Crippen LogP contribution in [0.2, 0.25) is 0 Å². The molecule has 1 aliphatic heterocycles. The number of hydrogen-bond acceptors (Lipinski definition) is 5. The zero-order valence-corrected chi connectivity index (χ0v) is 11.7.